The topological polar surface area (TPSA) is 62.0 Å². The Labute approximate surface area is 133 Å². The minimum absolute atomic E-state index is 0.0907. The molecule has 0 fully saturated rings. The molecule has 0 unspecified atom stereocenters. The molecular formula is C19H16N2O2. The number of rotatable bonds is 3. The van der Waals surface area contributed by atoms with Gasteiger partial charge in [0.05, 0.1) is 0 Å². The normalized spacial score (nSPS) is 10.3. The van der Waals surface area contributed by atoms with Crippen molar-refractivity contribution in [1.82, 2.24) is 4.98 Å². The van der Waals surface area contributed by atoms with E-state index in [0.717, 1.165) is 11.1 Å². The summed E-state index contributed by atoms with van der Waals surface area (Å²) in [5, 5.41) is 2.77. The molecule has 1 amide bonds. The van der Waals surface area contributed by atoms with E-state index in [-0.39, 0.29) is 5.56 Å². The van der Waals surface area contributed by atoms with Crippen LogP contribution in [0.3, 0.4) is 0 Å². The van der Waals surface area contributed by atoms with Crippen LogP contribution in [0.25, 0.3) is 11.3 Å². The minimum Gasteiger partial charge on any atom is -0.322 e. The largest absolute Gasteiger partial charge is 0.322 e. The summed E-state index contributed by atoms with van der Waals surface area (Å²) in [7, 11) is 0. The molecule has 114 valence electrons. The SMILES string of the molecule is Cc1ccccc1NC(=O)c1ccc(-c2ccccc2)[nH]c1=O. The third-order valence-corrected chi connectivity index (χ3v) is 3.63. The third kappa shape index (κ3) is 3.21. The summed E-state index contributed by atoms with van der Waals surface area (Å²) in [6.45, 7) is 1.90. The van der Waals surface area contributed by atoms with Gasteiger partial charge in [-0.2, -0.15) is 0 Å². The lowest BCUT2D eigenvalue weighted by Crippen LogP contribution is -2.23. The van der Waals surface area contributed by atoms with Gasteiger partial charge in [-0.15, -0.1) is 0 Å². The maximum Gasteiger partial charge on any atom is 0.261 e. The van der Waals surface area contributed by atoms with E-state index >= 15 is 0 Å². The van der Waals surface area contributed by atoms with Gasteiger partial charge < -0.3 is 10.3 Å². The van der Waals surface area contributed by atoms with Gasteiger partial charge in [-0.05, 0) is 36.2 Å². The summed E-state index contributed by atoms with van der Waals surface area (Å²) in [6.07, 6.45) is 0. The van der Waals surface area contributed by atoms with Gasteiger partial charge >= 0.3 is 0 Å². The van der Waals surface area contributed by atoms with Gasteiger partial charge in [-0.1, -0.05) is 48.5 Å². The number of aryl methyl sites for hydroxylation is 1. The summed E-state index contributed by atoms with van der Waals surface area (Å²) in [6, 6.07) is 20.2. The number of carbonyl (C=O) groups excluding carboxylic acids is 1. The second kappa shape index (κ2) is 6.32. The molecule has 0 radical (unpaired) electrons. The molecule has 3 aromatic rings. The van der Waals surface area contributed by atoms with Crippen LogP contribution >= 0.6 is 0 Å². The summed E-state index contributed by atoms with van der Waals surface area (Å²) in [5.41, 5.74) is 2.91. The van der Waals surface area contributed by atoms with Crippen LogP contribution in [0.15, 0.2) is 71.5 Å². The fourth-order valence-electron chi connectivity index (χ4n) is 2.34. The first kappa shape index (κ1) is 14.8. The maximum atomic E-state index is 12.3. The molecule has 0 aliphatic carbocycles. The highest BCUT2D eigenvalue weighted by Gasteiger charge is 2.12. The highest BCUT2D eigenvalue weighted by atomic mass is 16.2. The molecule has 3 rings (SSSR count). The van der Waals surface area contributed by atoms with Crippen LogP contribution in [-0.2, 0) is 0 Å². The number of aromatic amines is 1. The molecule has 0 saturated carbocycles. The van der Waals surface area contributed by atoms with Crippen LogP contribution in [0, 0.1) is 6.92 Å². The van der Waals surface area contributed by atoms with E-state index in [1.165, 1.54) is 0 Å². The van der Waals surface area contributed by atoms with Gasteiger partial charge in [0.25, 0.3) is 11.5 Å². The van der Waals surface area contributed by atoms with Crippen LogP contribution in [-0.4, -0.2) is 10.9 Å². The predicted octanol–water partition coefficient (Wildman–Crippen LogP) is 3.60. The average Bonchev–Trinajstić information content (AvgIpc) is 2.57. The molecule has 0 aliphatic heterocycles. The fourth-order valence-corrected chi connectivity index (χ4v) is 2.34. The van der Waals surface area contributed by atoms with Crippen molar-refractivity contribution in [1.29, 1.82) is 0 Å². The van der Waals surface area contributed by atoms with Crippen molar-refractivity contribution in [2.75, 3.05) is 5.32 Å². The molecule has 0 bridgehead atoms. The Morgan fingerprint density at radius 3 is 2.30 bits per heavy atom. The first-order valence-corrected chi connectivity index (χ1v) is 7.31. The van der Waals surface area contributed by atoms with E-state index in [9.17, 15) is 9.59 Å². The molecule has 0 saturated heterocycles. The zero-order chi connectivity index (χ0) is 16.2. The number of pyridine rings is 1. The Hall–Kier alpha value is -3.14. The highest BCUT2D eigenvalue weighted by Crippen LogP contribution is 2.16. The van der Waals surface area contributed by atoms with E-state index < -0.39 is 11.5 Å². The Kier molecular flexibility index (Phi) is 4.06. The Balaban J connectivity index is 1.88. The van der Waals surface area contributed by atoms with Crippen LogP contribution in [0.1, 0.15) is 15.9 Å². The molecule has 0 atom stereocenters. The van der Waals surface area contributed by atoms with E-state index in [1.807, 2.05) is 55.5 Å². The van der Waals surface area contributed by atoms with Crippen LogP contribution in [0.4, 0.5) is 5.69 Å². The van der Waals surface area contributed by atoms with Crippen LogP contribution < -0.4 is 10.9 Å². The average molecular weight is 304 g/mol. The zero-order valence-corrected chi connectivity index (χ0v) is 12.7. The number of H-pyrrole nitrogens is 1. The van der Waals surface area contributed by atoms with Gasteiger partial charge in [-0.25, -0.2) is 0 Å². The van der Waals surface area contributed by atoms with Gasteiger partial charge in [0.15, 0.2) is 0 Å². The Morgan fingerprint density at radius 1 is 0.913 bits per heavy atom. The Bertz CT molecular complexity index is 898. The van der Waals surface area contributed by atoms with Gasteiger partial charge in [0, 0.05) is 11.4 Å². The number of para-hydroxylation sites is 1. The molecule has 1 aromatic heterocycles. The Morgan fingerprint density at radius 2 is 1.61 bits per heavy atom. The van der Waals surface area contributed by atoms with Crippen molar-refractivity contribution in [3.05, 3.63) is 88.2 Å². The number of nitrogens with one attached hydrogen (secondary N) is 2. The lowest BCUT2D eigenvalue weighted by Gasteiger charge is -2.08. The molecule has 2 N–H and O–H groups in total. The number of carbonyl (C=O) groups is 1. The molecule has 0 spiro atoms. The summed E-state index contributed by atoms with van der Waals surface area (Å²) in [4.78, 5) is 27.3. The van der Waals surface area contributed by atoms with E-state index in [1.54, 1.807) is 18.2 Å². The molecular weight excluding hydrogens is 288 g/mol. The third-order valence-electron chi connectivity index (χ3n) is 3.63. The van der Waals surface area contributed by atoms with Crippen molar-refractivity contribution in [3.63, 3.8) is 0 Å². The molecule has 4 heteroatoms. The van der Waals surface area contributed by atoms with Gasteiger partial charge in [0.1, 0.15) is 5.56 Å². The maximum absolute atomic E-state index is 12.3. The number of hydrogen-bond acceptors (Lipinski definition) is 2. The van der Waals surface area contributed by atoms with Crippen molar-refractivity contribution in [2.45, 2.75) is 6.92 Å². The lowest BCUT2D eigenvalue weighted by atomic mass is 10.1. The van der Waals surface area contributed by atoms with E-state index in [0.29, 0.717) is 11.4 Å². The molecule has 2 aromatic carbocycles. The minimum atomic E-state index is -0.417. The molecule has 0 aliphatic rings. The van der Waals surface area contributed by atoms with Crippen molar-refractivity contribution in [3.8, 4) is 11.3 Å². The number of anilines is 1. The first-order chi connectivity index (χ1) is 11.1. The first-order valence-electron chi connectivity index (χ1n) is 7.31. The van der Waals surface area contributed by atoms with Crippen molar-refractivity contribution >= 4 is 11.6 Å². The predicted molar refractivity (Wildman–Crippen MR) is 91.6 cm³/mol. The smallest absolute Gasteiger partial charge is 0.261 e. The number of benzene rings is 2. The number of amides is 1. The fraction of sp³-hybridized carbons (Fsp3) is 0.0526. The summed E-state index contributed by atoms with van der Waals surface area (Å²) >= 11 is 0. The lowest BCUT2D eigenvalue weighted by molar-refractivity contribution is 0.102. The highest BCUT2D eigenvalue weighted by molar-refractivity contribution is 6.04. The van der Waals surface area contributed by atoms with E-state index in [4.69, 9.17) is 0 Å². The van der Waals surface area contributed by atoms with Crippen LogP contribution in [0.2, 0.25) is 0 Å². The number of hydrogen-bond donors (Lipinski definition) is 2. The van der Waals surface area contributed by atoms with E-state index in [2.05, 4.69) is 10.3 Å². The van der Waals surface area contributed by atoms with Gasteiger partial charge in [-0.3, -0.25) is 9.59 Å². The quantitative estimate of drug-likeness (QED) is 0.776. The van der Waals surface area contributed by atoms with Crippen molar-refractivity contribution < 1.29 is 4.79 Å². The number of aromatic nitrogens is 1. The standard InChI is InChI=1S/C19H16N2O2/c1-13-7-5-6-10-16(13)20-18(22)15-11-12-17(21-19(15)23)14-8-3-2-4-9-14/h2-12H,1H3,(H,20,22)(H,21,23). The summed E-state index contributed by atoms with van der Waals surface area (Å²) < 4.78 is 0. The summed E-state index contributed by atoms with van der Waals surface area (Å²) in [5.74, 6) is -0.417. The van der Waals surface area contributed by atoms with Crippen molar-refractivity contribution in [2.24, 2.45) is 0 Å². The zero-order valence-electron chi connectivity index (χ0n) is 12.7. The van der Waals surface area contributed by atoms with Gasteiger partial charge in [0.2, 0.25) is 0 Å². The monoisotopic (exact) mass is 304 g/mol. The molecule has 1 heterocycles. The molecule has 4 nitrogen and oxygen atoms in total. The second-order valence-electron chi connectivity index (χ2n) is 5.25. The van der Waals surface area contributed by atoms with Crippen LogP contribution in [0.5, 0.6) is 0 Å². The second-order valence-corrected chi connectivity index (χ2v) is 5.25. The molecule has 23 heavy (non-hydrogen) atoms.